The van der Waals surface area contributed by atoms with Crippen molar-refractivity contribution in [1.29, 1.82) is 0 Å². The number of amides is 2. The molecule has 0 saturated heterocycles. The Morgan fingerprint density at radius 3 is 1.97 bits per heavy atom. The molecule has 1 aliphatic heterocycles. The van der Waals surface area contributed by atoms with Crippen LogP contribution in [0.2, 0.25) is 0 Å². The number of carbonyl (C=O) groups is 3. The molecule has 0 bridgehead atoms. The van der Waals surface area contributed by atoms with Crippen molar-refractivity contribution in [1.82, 2.24) is 0 Å². The molecular weight excluding hydrogens is 501 g/mol. The quantitative estimate of drug-likeness (QED) is 0.166. The number of benzene rings is 3. The lowest BCUT2D eigenvalue weighted by Crippen LogP contribution is -2.31. The van der Waals surface area contributed by atoms with Crippen LogP contribution in [0.3, 0.4) is 0 Å². The highest BCUT2D eigenvalue weighted by Crippen LogP contribution is 2.40. The van der Waals surface area contributed by atoms with Gasteiger partial charge in [-0.1, -0.05) is 68.4 Å². The summed E-state index contributed by atoms with van der Waals surface area (Å²) in [7, 11) is -0.791. The number of carbonyl (C=O) groups excluding carboxylic acids is 3. The molecule has 3 atom stereocenters. The van der Waals surface area contributed by atoms with E-state index in [1.807, 2.05) is 44.2 Å². The van der Waals surface area contributed by atoms with E-state index in [4.69, 9.17) is 9.26 Å². The molecule has 0 aromatic heterocycles. The van der Waals surface area contributed by atoms with E-state index < -0.39 is 25.6 Å². The van der Waals surface area contributed by atoms with Crippen molar-refractivity contribution in [2.24, 2.45) is 11.8 Å². The summed E-state index contributed by atoms with van der Waals surface area (Å²) in [5.74, 6) is -1.59. The largest absolute Gasteiger partial charge is 0.512 e. The smallest absolute Gasteiger partial charge is 0.460 e. The number of esters is 1. The monoisotopic (exact) mass is 532 g/mol. The fourth-order valence-electron chi connectivity index (χ4n) is 4.70. The summed E-state index contributed by atoms with van der Waals surface area (Å²) in [6.07, 6.45) is 0.805. The summed E-state index contributed by atoms with van der Waals surface area (Å²) in [4.78, 5) is 40.0. The fraction of sp³-hybridized carbons (Fsp3) is 0.300. The topological polar surface area (TPSA) is 90.0 Å². The number of nitrogens with zero attached hydrogens (tertiary/aromatic N) is 1. The number of imide groups is 1. The van der Waals surface area contributed by atoms with Crippen LogP contribution in [-0.4, -0.2) is 30.6 Å². The van der Waals surface area contributed by atoms with Crippen LogP contribution in [0.25, 0.3) is 0 Å². The number of rotatable bonds is 11. The van der Waals surface area contributed by atoms with Gasteiger partial charge < -0.3 is 4.74 Å². The third-order valence-corrected chi connectivity index (χ3v) is 8.04. The Labute approximate surface area is 223 Å². The molecule has 3 unspecified atom stereocenters. The van der Waals surface area contributed by atoms with Gasteiger partial charge in [-0.2, -0.15) is 0 Å². The molecule has 2 amide bonds. The van der Waals surface area contributed by atoms with Crippen LogP contribution >= 0.6 is 8.03 Å². The Hall–Kier alpha value is -3.67. The van der Waals surface area contributed by atoms with E-state index in [9.17, 15) is 18.9 Å². The predicted octanol–water partition coefficient (Wildman–Crippen LogP) is 6.19. The van der Waals surface area contributed by atoms with Gasteiger partial charge in [-0.05, 0) is 52.3 Å². The predicted molar refractivity (Wildman–Crippen MR) is 145 cm³/mol. The van der Waals surface area contributed by atoms with Gasteiger partial charge >= 0.3 is 14.0 Å². The summed E-state index contributed by atoms with van der Waals surface area (Å²) < 4.78 is 23.9. The first-order valence-electron chi connectivity index (χ1n) is 12.6. The van der Waals surface area contributed by atoms with Crippen molar-refractivity contribution in [2.75, 3.05) is 12.0 Å². The van der Waals surface area contributed by atoms with Gasteiger partial charge in [0.2, 0.25) is 5.66 Å². The lowest BCUT2D eigenvalue weighted by molar-refractivity contribution is -0.150. The van der Waals surface area contributed by atoms with Crippen molar-refractivity contribution in [2.45, 2.75) is 39.0 Å². The van der Waals surface area contributed by atoms with E-state index in [2.05, 4.69) is 0 Å². The van der Waals surface area contributed by atoms with Crippen LogP contribution in [0, 0.1) is 11.8 Å². The molecule has 3 aromatic carbocycles. The second-order valence-corrected chi connectivity index (χ2v) is 11.3. The van der Waals surface area contributed by atoms with Gasteiger partial charge in [0.15, 0.2) is 0 Å². The summed E-state index contributed by atoms with van der Waals surface area (Å²) in [5, 5.41) is 0. The van der Waals surface area contributed by atoms with Crippen LogP contribution in [0.1, 0.15) is 52.1 Å². The maximum absolute atomic E-state index is 13.2. The SMILES string of the molecule is CO[P+](=O)C(Cc1ccc(N2C(=O)c3ccccc3C2=O)cc1)C(CC(C)C)C(=O)OCc1ccccc1. The number of fused-ring (bicyclic) bond motifs is 1. The first-order chi connectivity index (χ1) is 18.3. The van der Waals surface area contributed by atoms with E-state index in [0.29, 0.717) is 29.7 Å². The highest BCUT2D eigenvalue weighted by atomic mass is 31.1. The van der Waals surface area contributed by atoms with Crippen LogP contribution in [0.5, 0.6) is 0 Å². The third kappa shape index (κ3) is 6.07. The lowest BCUT2D eigenvalue weighted by atomic mass is 9.90. The van der Waals surface area contributed by atoms with E-state index in [1.165, 1.54) is 7.11 Å². The second kappa shape index (κ2) is 12.2. The van der Waals surface area contributed by atoms with Gasteiger partial charge in [-0.25, -0.2) is 4.90 Å². The molecular formula is C30H31NO6P+. The minimum Gasteiger partial charge on any atom is -0.460 e. The molecule has 38 heavy (non-hydrogen) atoms. The average Bonchev–Trinajstić information content (AvgIpc) is 3.19. The summed E-state index contributed by atoms with van der Waals surface area (Å²) in [6.45, 7) is 4.15. The van der Waals surface area contributed by atoms with Gasteiger partial charge in [0.25, 0.3) is 11.8 Å². The Morgan fingerprint density at radius 1 is 0.842 bits per heavy atom. The first-order valence-corrected chi connectivity index (χ1v) is 13.8. The van der Waals surface area contributed by atoms with E-state index in [-0.39, 0.29) is 24.3 Å². The normalized spacial score (nSPS) is 14.8. The van der Waals surface area contributed by atoms with Gasteiger partial charge in [-0.15, -0.1) is 4.52 Å². The molecule has 1 heterocycles. The maximum Gasteiger partial charge on any atom is 0.512 e. The highest BCUT2D eigenvalue weighted by Gasteiger charge is 2.44. The second-order valence-electron chi connectivity index (χ2n) is 9.73. The van der Waals surface area contributed by atoms with Crippen molar-refractivity contribution >= 4 is 31.5 Å². The standard InChI is InChI=1S/C30H31NO6P/c1-20(2)17-26(30(34)37-19-22-9-5-4-6-10-22)27(38(35)36-3)18-21-13-15-23(16-14-21)31-28(32)24-11-7-8-12-25(24)29(31)33/h4-16,20,26-27H,17-19H2,1-3H3/q+1. The number of hydrogen-bond acceptors (Lipinski definition) is 6. The number of ether oxygens (including phenoxy) is 1. The van der Waals surface area contributed by atoms with Gasteiger partial charge in [0.1, 0.15) is 12.5 Å². The molecule has 4 rings (SSSR count). The van der Waals surface area contributed by atoms with E-state index >= 15 is 0 Å². The molecule has 8 heteroatoms. The molecule has 0 radical (unpaired) electrons. The Balaban J connectivity index is 1.53. The molecule has 1 aliphatic rings. The molecule has 0 N–H and O–H groups in total. The number of anilines is 1. The molecule has 0 aliphatic carbocycles. The van der Waals surface area contributed by atoms with Crippen LogP contribution < -0.4 is 4.90 Å². The third-order valence-electron chi connectivity index (χ3n) is 6.60. The van der Waals surface area contributed by atoms with Gasteiger partial charge in [-0.3, -0.25) is 14.4 Å². The Morgan fingerprint density at radius 2 is 1.42 bits per heavy atom. The van der Waals surface area contributed by atoms with Crippen molar-refractivity contribution in [3.8, 4) is 0 Å². The van der Waals surface area contributed by atoms with Crippen LogP contribution in [0.15, 0.2) is 78.9 Å². The zero-order valence-electron chi connectivity index (χ0n) is 21.7. The van der Waals surface area contributed by atoms with Crippen LogP contribution in [-0.2, 0) is 31.6 Å². The van der Waals surface area contributed by atoms with E-state index in [0.717, 1.165) is 16.0 Å². The average molecular weight is 533 g/mol. The highest BCUT2D eigenvalue weighted by molar-refractivity contribution is 7.40. The Bertz CT molecular complexity index is 1290. The summed E-state index contributed by atoms with van der Waals surface area (Å²) in [6, 6.07) is 23.1. The number of hydrogen-bond donors (Lipinski definition) is 0. The fourth-order valence-corrected chi connectivity index (χ4v) is 5.87. The van der Waals surface area contributed by atoms with Crippen molar-refractivity contribution in [3.05, 3.63) is 101 Å². The minimum atomic E-state index is -2.16. The molecule has 3 aromatic rings. The summed E-state index contributed by atoms with van der Waals surface area (Å²) >= 11 is 0. The minimum absolute atomic E-state index is 0.139. The first kappa shape index (κ1) is 27.4. The van der Waals surface area contributed by atoms with Gasteiger partial charge in [0.05, 0.1) is 23.9 Å². The van der Waals surface area contributed by atoms with Crippen molar-refractivity contribution in [3.63, 3.8) is 0 Å². The van der Waals surface area contributed by atoms with E-state index in [1.54, 1.807) is 48.5 Å². The van der Waals surface area contributed by atoms with Gasteiger partial charge in [0, 0.05) is 6.42 Å². The zero-order chi connectivity index (χ0) is 27.2. The molecule has 0 saturated carbocycles. The van der Waals surface area contributed by atoms with Crippen LogP contribution in [0.4, 0.5) is 5.69 Å². The maximum atomic E-state index is 13.2. The summed E-state index contributed by atoms with van der Waals surface area (Å²) in [5.41, 5.74) is 2.29. The zero-order valence-corrected chi connectivity index (χ0v) is 22.6. The lowest BCUT2D eigenvalue weighted by Gasteiger charge is -2.20. The molecule has 196 valence electrons. The molecule has 0 spiro atoms. The Kier molecular flexibility index (Phi) is 8.82. The molecule has 7 nitrogen and oxygen atoms in total. The molecule has 0 fully saturated rings. The van der Waals surface area contributed by atoms with Crippen molar-refractivity contribution < 1.29 is 28.2 Å².